The molecule has 0 bridgehead atoms. The van der Waals surface area contributed by atoms with Gasteiger partial charge in [-0.1, -0.05) is 0 Å². The van der Waals surface area contributed by atoms with E-state index < -0.39 is 20.2 Å². The molecule has 8 rings (SSSR count). The molecule has 22 nitrogen and oxygen atoms in total. The number of aromatic nitrogens is 16. The minimum atomic E-state index is -1.75. The standard InChI is InChI=1S/2C14H12BN8.C3H7NO.Gd.NO3/c2*1-7-22(20-11(1)13-9-16-3-5-18-13)15-23-8-2-12(21-23)14-10-17-4-6-19-14;1-4(2)3-5;;2-1(3)4/h2*1-10H,15H2;3H,1-2H3;;/q2*-1;;+3;-1. The fourth-order valence-corrected chi connectivity index (χ4v) is 4.80. The molecule has 8 aromatic rings. The Hall–Kier alpha value is -6.72. The van der Waals surface area contributed by atoms with Gasteiger partial charge in [0, 0.05) is 63.7 Å². The van der Waals surface area contributed by atoms with Crippen molar-refractivity contribution in [3.63, 3.8) is 0 Å². The van der Waals surface area contributed by atoms with Crippen molar-refractivity contribution in [3.8, 4) is 45.6 Å². The topological polar surface area (TPSA) is 261 Å². The Labute approximate surface area is 351 Å². The molecular formula is C31H31B2GdN18O4. The molecule has 0 fully saturated rings. The SMILES string of the molecule is CN(C)C=O.O=[N+]([O-])[O-].[BH2-](n1ccc(-c2cnccn2)n1)n1ccc(-c2cnccn2)n1.[BH2-](n1ccc(-c2cnccn2)n1)n1ccc(-c2cnccn2)n1.[Gd+3]. The van der Waals surface area contributed by atoms with Crippen molar-refractivity contribution >= 4 is 21.5 Å². The van der Waals surface area contributed by atoms with E-state index in [1.807, 2.05) is 67.4 Å². The van der Waals surface area contributed by atoms with Crippen molar-refractivity contribution < 1.29 is 49.8 Å². The average molecular weight is 899 g/mol. The summed E-state index contributed by atoms with van der Waals surface area (Å²) in [5, 5.41) is 32.9. The van der Waals surface area contributed by atoms with Crippen LogP contribution in [0.3, 0.4) is 0 Å². The van der Waals surface area contributed by atoms with Gasteiger partial charge in [-0.2, -0.15) is 0 Å². The van der Waals surface area contributed by atoms with Crippen LogP contribution in [0.4, 0.5) is 0 Å². The average Bonchev–Trinajstić information content (AvgIpc) is 4.06. The Kier molecular flexibility index (Phi) is 16.4. The minimum absolute atomic E-state index is 0. The molecule has 0 N–H and O–H groups in total. The number of hydrogen-bond donors (Lipinski definition) is 0. The fraction of sp³-hybridized carbons (Fsp3) is 0.0645. The zero-order valence-electron chi connectivity index (χ0n) is 30.2. The molecule has 0 aliphatic rings. The van der Waals surface area contributed by atoms with E-state index in [2.05, 4.69) is 60.3 Å². The van der Waals surface area contributed by atoms with Crippen LogP contribution in [-0.2, 0) is 4.79 Å². The van der Waals surface area contributed by atoms with Crippen molar-refractivity contribution in [2.24, 2.45) is 0 Å². The van der Waals surface area contributed by atoms with Crippen molar-refractivity contribution in [1.29, 1.82) is 0 Å². The zero-order valence-corrected chi connectivity index (χ0v) is 32.4. The molecule has 0 aliphatic heterocycles. The van der Waals surface area contributed by atoms with Crippen LogP contribution in [0, 0.1) is 55.3 Å². The van der Waals surface area contributed by atoms with Gasteiger partial charge in [-0.15, -0.1) is 0 Å². The third-order valence-corrected chi connectivity index (χ3v) is 7.19. The Bertz CT molecular complexity index is 2040. The molecule has 0 aliphatic carbocycles. The molecule has 8 aromatic heterocycles. The predicted molar refractivity (Wildman–Crippen MR) is 202 cm³/mol. The summed E-state index contributed by atoms with van der Waals surface area (Å²) in [5.41, 5.74) is 6.28. The van der Waals surface area contributed by atoms with E-state index in [4.69, 9.17) is 15.3 Å². The molecule has 0 spiro atoms. The Balaban J connectivity index is 0.000000202. The van der Waals surface area contributed by atoms with Gasteiger partial charge in [-0.3, -0.25) is 44.7 Å². The minimum Gasteiger partial charge on any atom is -0.428 e. The molecule has 0 aromatic carbocycles. The van der Waals surface area contributed by atoms with E-state index in [0.29, 0.717) is 0 Å². The molecule has 0 unspecified atom stereocenters. The molecule has 0 saturated carbocycles. The first kappa shape index (κ1) is 42.0. The van der Waals surface area contributed by atoms with Gasteiger partial charge in [0.15, 0.2) is 15.1 Å². The van der Waals surface area contributed by atoms with E-state index in [-0.39, 0.29) is 39.9 Å². The van der Waals surface area contributed by atoms with Gasteiger partial charge in [0.2, 0.25) is 6.41 Å². The number of rotatable bonds is 9. The quantitative estimate of drug-likeness (QED) is 0.0813. The van der Waals surface area contributed by atoms with Crippen LogP contribution in [0.5, 0.6) is 0 Å². The van der Waals surface area contributed by atoms with Gasteiger partial charge < -0.3 is 38.6 Å². The molecular weight excluding hydrogens is 867 g/mol. The van der Waals surface area contributed by atoms with Gasteiger partial charge in [0.05, 0.1) is 29.9 Å². The summed E-state index contributed by atoms with van der Waals surface area (Å²) in [7, 11) is 1.88. The summed E-state index contributed by atoms with van der Waals surface area (Å²) in [4.78, 5) is 52.4. The Morgan fingerprint density at radius 2 is 0.750 bits per heavy atom. The molecule has 1 amide bonds. The summed E-state index contributed by atoms with van der Waals surface area (Å²) in [6.45, 7) is 0. The van der Waals surface area contributed by atoms with Crippen molar-refractivity contribution in [1.82, 2.24) is 83.5 Å². The van der Waals surface area contributed by atoms with Gasteiger partial charge in [-0.05, 0) is 49.1 Å². The van der Waals surface area contributed by atoms with E-state index >= 15 is 0 Å². The number of nitrogens with zero attached hydrogens (tertiary/aromatic N) is 18. The summed E-state index contributed by atoms with van der Waals surface area (Å²) >= 11 is 0. The number of hydrogen-bond acceptors (Lipinski definition) is 16. The van der Waals surface area contributed by atoms with Crippen LogP contribution < -0.4 is 0 Å². The maximum atomic E-state index is 9.43. The van der Waals surface area contributed by atoms with Crippen LogP contribution in [0.15, 0.2) is 123 Å². The molecule has 25 heteroatoms. The fourth-order valence-electron chi connectivity index (χ4n) is 4.80. The van der Waals surface area contributed by atoms with Crippen LogP contribution >= 0.6 is 0 Å². The van der Waals surface area contributed by atoms with Gasteiger partial charge >= 0.3 is 39.9 Å². The van der Waals surface area contributed by atoms with Crippen LogP contribution in [-0.4, -0.2) is 124 Å². The van der Waals surface area contributed by atoms with Crippen LogP contribution in [0.25, 0.3) is 45.6 Å². The molecule has 1 radical (unpaired) electrons. The summed E-state index contributed by atoms with van der Waals surface area (Å²) < 4.78 is 7.66. The first-order valence-electron chi connectivity index (χ1n) is 16.4. The van der Waals surface area contributed by atoms with Crippen molar-refractivity contribution in [2.75, 3.05) is 14.1 Å². The maximum absolute atomic E-state index is 9.43. The third kappa shape index (κ3) is 13.3. The van der Waals surface area contributed by atoms with Crippen LogP contribution in [0.2, 0.25) is 0 Å². The third-order valence-electron chi connectivity index (χ3n) is 7.19. The van der Waals surface area contributed by atoms with Gasteiger partial charge in [0.25, 0.3) is 0 Å². The van der Waals surface area contributed by atoms with Crippen molar-refractivity contribution in [3.05, 3.63) is 139 Å². The number of carbonyl (C=O) groups is 1. The first-order chi connectivity index (χ1) is 26.8. The Morgan fingerprint density at radius 1 is 0.518 bits per heavy atom. The summed E-state index contributed by atoms with van der Waals surface area (Å²) in [6, 6.07) is 7.72. The molecule has 283 valence electrons. The second-order valence-corrected chi connectivity index (χ2v) is 11.6. The smallest absolute Gasteiger partial charge is 0.428 e. The predicted octanol–water partition coefficient (Wildman–Crippen LogP) is 0.243. The summed E-state index contributed by atoms with van der Waals surface area (Å²) in [6.07, 6.45) is 28.5. The molecule has 0 saturated heterocycles. The van der Waals surface area contributed by atoms with E-state index in [9.17, 15) is 4.79 Å². The molecule has 0 atom stereocenters. The van der Waals surface area contributed by atoms with E-state index in [1.165, 1.54) is 4.90 Å². The first-order valence-corrected chi connectivity index (χ1v) is 16.4. The molecule has 8 heterocycles. The molecule has 56 heavy (non-hydrogen) atoms. The summed E-state index contributed by atoms with van der Waals surface area (Å²) in [5.74, 6) is 0. The largest absolute Gasteiger partial charge is 3.00 e. The zero-order chi connectivity index (χ0) is 38.8. The van der Waals surface area contributed by atoms with Gasteiger partial charge in [0.1, 0.15) is 45.6 Å². The Morgan fingerprint density at radius 3 is 0.929 bits per heavy atom. The van der Waals surface area contributed by atoms with E-state index in [1.54, 1.807) is 88.5 Å². The normalized spacial score (nSPS) is 9.89. The maximum Gasteiger partial charge on any atom is 3.00 e. The monoisotopic (exact) mass is 899 g/mol. The van der Waals surface area contributed by atoms with Crippen LogP contribution in [0.1, 0.15) is 0 Å². The second kappa shape index (κ2) is 21.9. The van der Waals surface area contributed by atoms with E-state index in [0.717, 1.165) is 52.0 Å². The number of carbonyl (C=O) groups excluding carboxylic acids is 1. The second-order valence-electron chi connectivity index (χ2n) is 11.6. The number of amides is 1. The van der Waals surface area contributed by atoms with Crippen molar-refractivity contribution in [2.45, 2.75) is 0 Å². The van der Waals surface area contributed by atoms with Gasteiger partial charge in [-0.25, -0.2) is 20.4 Å².